The average Bonchev–Trinajstić information content (AvgIpc) is 2.47. The third-order valence-electron chi connectivity index (χ3n) is 3.09. The normalized spacial score (nSPS) is 16.3. The van der Waals surface area contributed by atoms with Crippen molar-refractivity contribution in [2.75, 3.05) is 34.4 Å². The number of hydrogen-bond acceptors (Lipinski definition) is 4. The van der Waals surface area contributed by atoms with Crippen LogP contribution in [0.15, 0.2) is 12.1 Å². The maximum absolute atomic E-state index is 12.0. The summed E-state index contributed by atoms with van der Waals surface area (Å²) in [5.74, 6) is 1.44. The lowest BCUT2D eigenvalue weighted by Gasteiger charge is -2.11. The minimum atomic E-state index is 0.140. The summed E-state index contributed by atoms with van der Waals surface area (Å²) < 4.78 is 10.5. The summed E-state index contributed by atoms with van der Waals surface area (Å²) in [5, 5.41) is 0. The van der Waals surface area contributed by atoms with Crippen LogP contribution in [0.25, 0.3) is 0 Å². The Morgan fingerprint density at radius 1 is 1.18 bits per heavy atom. The van der Waals surface area contributed by atoms with Gasteiger partial charge >= 0.3 is 0 Å². The zero-order chi connectivity index (χ0) is 12.4. The van der Waals surface area contributed by atoms with E-state index in [1.165, 1.54) is 0 Å². The fourth-order valence-corrected chi connectivity index (χ4v) is 2.11. The molecule has 2 rings (SSSR count). The van der Waals surface area contributed by atoms with Gasteiger partial charge in [0.05, 0.1) is 20.8 Å². The van der Waals surface area contributed by atoms with Gasteiger partial charge in [-0.05, 0) is 31.2 Å². The predicted octanol–water partition coefficient (Wildman–Crippen LogP) is 1.37. The molecule has 0 aromatic heterocycles. The van der Waals surface area contributed by atoms with Crippen LogP contribution < -0.4 is 9.47 Å². The molecule has 0 unspecified atom stereocenters. The van der Waals surface area contributed by atoms with Gasteiger partial charge in [-0.1, -0.05) is 0 Å². The molecule has 0 saturated heterocycles. The SMILES string of the molecule is COc1cc2c(cc1OC)C(=O)CN(C)CC2. The van der Waals surface area contributed by atoms with Crippen molar-refractivity contribution in [3.63, 3.8) is 0 Å². The number of methoxy groups -OCH3 is 2. The van der Waals surface area contributed by atoms with Gasteiger partial charge in [-0.15, -0.1) is 0 Å². The molecular formula is C13H17NO3. The van der Waals surface area contributed by atoms with Crippen LogP contribution in [0.5, 0.6) is 11.5 Å². The number of rotatable bonds is 2. The largest absolute Gasteiger partial charge is 0.493 e. The molecule has 4 heteroatoms. The van der Waals surface area contributed by atoms with E-state index in [2.05, 4.69) is 0 Å². The van der Waals surface area contributed by atoms with Crippen LogP contribution in [0.3, 0.4) is 0 Å². The Morgan fingerprint density at radius 3 is 2.47 bits per heavy atom. The van der Waals surface area contributed by atoms with Crippen molar-refractivity contribution in [2.45, 2.75) is 6.42 Å². The number of carbonyl (C=O) groups is 1. The predicted molar refractivity (Wildman–Crippen MR) is 65.1 cm³/mol. The highest BCUT2D eigenvalue weighted by Crippen LogP contribution is 2.32. The van der Waals surface area contributed by atoms with E-state index in [0.29, 0.717) is 18.0 Å². The van der Waals surface area contributed by atoms with E-state index in [9.17, 15) is 4.79 Å². The molecule has 0 N–H and O–H groups in total. The van der Waals surface area contributed by atoms with Crippen molar-refractivity contribution in [1.29, 1.82) is 0 Å². The highest BCUT2D eigenvalue weighted by Gasteiger charge is 2.21. The molecule has 1 aromatic rings. The third kappa shape index (κ3) is 2.26. The maximum atomic E-state index is 12.0. The number of fused-ring (bicyclic) bond motifs is 1. The molecule has 0 aliphatic carbocycles. The number of Topliss-reactive ketones (excluding diaryl/α,β-unsaturated/α-hetero) is 1. The molecule has 92 valence electrons. The Balaban J connectivity index is 2.49. The van der Waals surface area contributed by atoms with Crippen molar-refractivity contribution in [1.82, 2.24) is 4.90 Å². The highest BCUT2D eigenvalue weighted by atomic mass is 16.5. The maximum Gasteiger partial charge on any atom is 0.177 e. The quantitative estimate of drug-likeness (QED) is 0.776. The van der Waals surface area contributed by atoms with Gasteiger partial charge in [0.25, 0.3) is 0 Å². The number of ketones is 1. The summed E-state index contributed by atoms with van der Waals surface area (Å²) >= 11 is 0. The zero-order valence-electron chi connectivity index (χ0n) is 10.4. The molecule has 0 fully saturated rings. The Kier molecular flexibility index (Phi) is 3.33. The van der Waals surface area contributed by atoms with Crippen LogP contribution in [-0.4, -0.2) is 45.0 Å². The van der Waals surface area contributed by atoms with Crippen molar-refractivity contribution in [3.05, 3.63) is 23.3 Å². The minimum Gasteiger partial charge on any atom is -0.493 e. The molecule has 1 aliphatic heterocycles. The molecule has 0 amide bonds. The number of carbonyl (C=O) groups excluding carboxylic acids is 1. The third-order valence-corrected chi connectivity index (χ3v) is 3.09. The van der Waals surface area contributed by atoms with Gasteiger partial charge < -0.3 is 9.47 Å². The van der Waals surface area contributed by atoms with E-state index >= 15 is 0 Å². The van der Waals surface area contributed by atoms with Crippen molar-refractivity contribution < 1.29 is 14.3 Å². The fourth-order valence-electron chi connectivity index (χ4n) is 2.11. The van der Waals surface area contributed by atoms with Crippen LogP contribution in [-0.2, 0) is 6.42 Å². The van der Waals surface area contributed by atoms with Gasteiger partial charge in [0, 0.05) is 12.1 Å². The van der Waals surface area contributed by atoms with E-state index in [1.54, 1.807) is 20.3 Å². The van der Waals surface area contributed by atoms with E-state index in [1.807, 2.05) is 18.0 Å². The van der Waals surface area contributed by atoms with E-state index in [0.717, 1.165) is 24.1 Å². The van der Waals surface area contributed by atoms with Gasteiger partial charge in [0.2, 0.25) is 0 Å². The number of likely N-dealkylation sites (N-methyl/N-ethyl adjacent to an activating group) is 1. The number of hydrogen-bond donors (Lipinski definition) is 0. The summed E-state index contributed by atoms with van der Waals surface area (Å²) in [6.45, 7) is 1.34. The molecule has 0 atom stereocenters. The van der Waals surface area contributed by atoms with Crippen molar-refractivity contribution in [3.8, 4) is 11.5 Å². The first-order valence-corrected chi connectivity index (χ1v) is 5.62. The van der Waals surface area contributed by atoms with Crippen LogP contribution in [0.4, 0.5) is 0 Å². The molecule has 17 heavy (non-hydrogen) atoms. The summed E-state index contributed by atoms with van der Waals surface area (Å²) in [6.07, 6.45) is 0.859. The van der Waals surface area contributed by atoms with Gasteiger partial charge in [0.15, 0.2) is 17.3 Å². The first kappa shape index (κ1) is 11.9. The van der Waals surface area contributed by atoms with Gasteiger partial charge in [-0.25, -0.2) is 0 Å². The standard InChI is InChI=1S/C13H17NO3/c1-14-5-4-9-6-12(16-2)13(17-3)7-10(9)11(15)8-14/h6-7H,4-5,8H2,1-3H3. The lowest BCUT2D eigenvalue weighted by Crippen LogP contribution is -2.24. The van der Waals surface area contributed by atoms with Crippen LogP contribution in [0.2, 0.25) is 0 Å². The Morgan fingerprint density at radius 2 is 1.82 bits per heavy atom. The molecule has 1 aromatic carbocycles. The zero-order valence-corrected chi connectivity index (χ0v) is 10.4. The molecule has 4 nitrogen and oxygen atoms in total. The first-order valence-electron chi connectivity index (χ1n) is 5.62. The smallest absolute Gasteiger partial charge is 0.177 e. The molecule has 0 bridgehead atoms. The number of benzene rings is 1. The van der Waals surface area contributed by atoms with Crippen LogP contribution in [0.1, 0.15) is 15.9 Å². The number of ether oxygens (including phenoxy) is 2. The second kappa shape index (κ2) is 4.75. The molecule has 1 aliphatic rings. The topological polar surface area (TPSA) is 38.8 Å². The first-order chi connectivity index (χ1) is 8.15. The highest BCUT2D eigenvalue weighted by molar-refractivity contribution is 6.00. The molecule has 0 saturated carbocycles. The summed E-state index contributed by atoms with van der Waals surface area (Å²) in [4.78, 5) is 14.1. The van der Waals surface area contributed by atoms with Crippen LogP contribution in [0, 0.1) is 0 Å². The minimum absolute atomic E-state index is 0.140. The summed E-state index contributed by atoms with van der Waals surface area (Å²) in [5.41, 5.74) is 1.80. The fraction of sp³-hybridized carbons (Fsp3) is 0.462. The Hall–Kier alpha value is -1.55. The van der Waals surface area contributed by atoms with Crippen molar-refractivity contribution >= 4 is 5.78 Å². The number of nitrogens with zero attached hydrogens (tertiary/aromatic N) is 1. The van der Waals surface area contributed by atoms with E-state index in [-0.39, 0.29) is 5.78 Å². The molecule has 1 heterocycles. The van der Waals surface area contributed by atoms with Gasteiger partial charge in [-0.3, -0.25) is 9.69 Å². The monoisotopic (exact) mass is 235 g/mol. The lowest BCUT2D eigenvalue weighted by atomic mass is 10.0. The molecule has 0 radical (unpaired) electrons. The van der Waals surface area contributed by atoms with Gasteiger partial charge in [0.1, 0.15) is 0 Å². The summed E-state index contributed by atoms with van der Waals surface area (Å²) in [7, 11) is 5.14. The Bertz CT molecular complexity index is 443. The second-order valence-corrected chi connectivity index (χ2v) is 4.28. The molecular weight excluding hydrogens is 218 g/mol. The van der Waals surface area contributed by atoms with E-state index < -0.39 is 0 Å². The lowest BCUT2D eigenvalue weighted by molar-refractivity contribution is 0.0953. The Labute approximate surface area is 101 Å². The second-order valence-electron chi connectivity index (χ2n) is 4.28. The summed E-state index contributed by atoms with van der Waals surface area (Å²) in [6, 6.07) is 3.70. The van der Waals surface area contributed by atoms with Crippen molar-refractivity contribution in [2.24, 2.45) is 0 Å². The molecule has 0 spiro atoms. The van der Waals surface area contributed by atoms with Crippen LogP contribution >= 0.6 is 0 Å². The van der Waals surface area contributed by atoms with Gasteiger partial charge in [-0.2, -0.15) is 0 Å². The average molecular weight is 235 g/mol. The van der Waals surface area contributed by atoms with E-state index in [4.69, 9.17) is 9.47 Å².